The third kappa shape index (κ3) is 4.42. The van der Waals surface area contributed by atoms with Gasteiger partial charge in [0.15, 0.2) is 5.11 Å². The molecular weight excluding hydrogens is 328 g/mol. The topological polar surface area (TPSA) is 91.6 Å². The van der Waals surface area contributed by atoms with E-state index < -0.39 is 5.97 Å². The van der Waals surface area contributed by atoms with Crippen molar-refractivity contribution in [3.63, 3.8) is 0 Å². The van der Waals surface area contributed by atoms with Gasteiger partial charge in [0.2, 0.25) is 11.7 Å². The van der Waals surface area contributed by atoms with E-state index in [2.05, 4.69) is 10.6 Å². The average molecular weight is 346 g/mol. The highest BCUT2D eigenvalue weighted by molar-refractivity contribution is 7.80. The first-order chi connectivity index (χ1) is 11.4. The van der Waals surface area contributed by atoms with Crippen LogP contribution in [0, 0.1) is 6.92 Å². The summed E-state index contributed by atoms with van der Waals surface area (Å²) in [5, 5.41) is 14.7. The van der Waals surface area contributed by atoms with Crippen molar-refractivity contribution in [3.05, 3.63) is 41.7 Å². The summed E-state index contributed by atoms with van der Waals surface area (Å²) in [5.74, 6) is -0.924. The number of carbonyl (C=O) groups excluding carboxylic acids is 1. The van der Waals surface area contributed by atoms with Gasteiger partial charge in [-0.25, -0.2) is 4.79 Å². The number of thiocarbonyl (C=S) groups is 1. The predicted octanol–water partition coefficient (Wildman–Crippen LogP) is 3.57. The molecule has 0 radical (unpaired) electrons. The smallest absolute Gasteiger partial charge is 0.371 e. The van der Waals surface area contributed by atoms with Crippen molar-refractivity contribution >= 4 is 34.9 Å². The van der Waals surface area contributed by atoms with Gasteiger partial charge in [0.25, 0.3) is 0 Å². The summed E-state index contributed by atoms with van der Waals surface area (Å²) in [4.78, 5) is 22.5. The third-order valence-electron chi connectivity index (χ3n) is 3.31. The number of carbonyl (C=O) groups is 2. The number of aryl methyl sites for hydroxylation is 1. The van der Waals surface area contributed by atoms with Crippen LogP contribution in [0.15, 0.2) is 34.7 Å². The zero-order valence-electron chi connectivity index (χ0n) is 13.4. The molecule has 126 valence electrons. The molecule has 0 bridgehead atoms. The Morgan fingerprint density at radius 2 is 2.00 bits per heavy atom. The van der Waals surface area contributed by atoms with Crippen LogP contribution >= 0.6 is 12.2 Å². The van der Waals surface area contributed by atoms with Crippen molar-refractivity contribution in [2.75, 3.05) is 5.32 Å². The first kappa shape index (κ1) is 17.7. The lowest BCUT2D eigenvalue weighted by Gasteiger charge is -2.11. The van der Waals surface area contributed by atoms with Gasteiger partial charge in [-0.15, -0.1) is 0 Å². The first-order valence-electron chi connectivity index (χ1n) is 7.45. The summed E-state index contributed by atoms with van der Waals surface area (Å²) in [7, 11) is 0. The minimum Gasteiger partial charge on any atom is -0.475 e. The second-order valence-corrected chi connectivity index (χ2v) is 5.66. The minimum absolute atomic E-state index is 0.120. The molecule has 24 heavy (non-hydrogen) atoms. The van der Waals surface area contributed by atoms with Crippen LogP contribution in [-0.4, -0.2) is 22.1 Å². The van der Waals surface area contributed by atoms with Crippen LogP contribution in [0.1, 0.15) is 35.9 Å². The molecule has 2 rings (SSSR count). The SMILES string of the molecule is CCCC(=O)NC(=S)Nc1ccc(C)c(-c2ccc(C(=O)O)o2)c1. The van der Waals surface area contributed by atoms with Crippen LogP contribution in [0.3, 0.4) is 0 Å². The molecule has 0 fully saturated rings. The number of furan rings is 1. The molecule has 2 aromatic rings. The van der Waals surface area contributed by atoms with Crippen molar-refractivity contribution < 1.29 is 19.1 Å². The van der Waals surface area contributed by atoms with Gasteiger partial charge in [-0.3, -0.25) is 4.79 Å². The maximum Gasteiger partial charge on any atom is 0.371 e. The van der Waals surface area contributed by atoms with E-state index in [4.69, 9.17) is 21.7 Å². The molecule has 0 spiro atoms. The first-order valence-corrected chi connectivity index (χ1v) is 7.86. The van der Waals surface area contributed by atoms with Gasteiger partial charge in [-0.2, -0.15) is 0 Å². The number of carboxylic acid groups (broad SMARTS) is 1. The van der Waals surface area contributed by atoms with Crippen molar-refractivity contribution in [1.82, 2.24) is 5.32 Å². The largest absolute Gasteiger partial charge is 0.475 e. The standard InChI is InChI=1S/C17H18N2O4S/c1-3-4-15(20)19-17(24)18-11-6-5-10(2)12(9-11)13-7-8-14(23-13)16(21)22/h5-9H,3-4H2,1-2H3,(H,21,22)(H2,18,19,20,24). The maximum absolute atomic E-state index is 11.5. The number of carboxylic acids is 1. The van der Waals surface area contributed by atoms with Crippen LogP contribution in [0.4, 0.5) is 5.69 Å². The quantitative estimate of drug-likeness (QED) is 0.717. The molecule has 3 N–H and O–H groups in total. The Kier molecular flexibility index (Phi) is 5.70. The average Bonchev–Trinajstić information content (AvgIpc) is 2.99. The summed E-state index contributed by atoms with van der Waals surface area (Å²) in [5.41, 5.74) is 2.34. The highest BCUT2D eigenvalue weighted by atomic mass is 32.1. The number of hydrogen-bond donors (Lipinski definition) is 3. The molecule has 1 heterocycles. The molecular formula is C17H18N2O4S. The normalized spacial score (nSPS) is 10.2. The van der Waals surface area contributed by atoms with E-state index >= 15 is 0 Å². The van der Waals surface area contributed by atoms with E-state index in [9.17, 15) is 9.59 Å². The summed E-state index contributed by atoms with van der Waals surface area (Å²) < 4.78 is 5.34. The Morgan fingerprint density at radius 3 is 2.62 bits per heavy atom. The lowest BCUT2D eigenvalue weighted by atomic mass is 10.1. The fourth-order valence-corrected chi connectivity index (χ4v) is 2.37. The summed E-state index contributed by atoms with van der Waals surface area (Å²) in [6.45, 7) is 3.81. The molecule has 0 saturated carbocycles. The van der Waals surface area contributed by atoms with Crippen LogP contribution in [-0.2, 0) is 4.79 Å². The van der Waals surface area contributed by atoms with E-state index in [0.717, 1.165) is 17.5 Å². The monoisotopic (exact) mass is 346 g/mol. The van der Waals surface area contributed by atoms with E-state index in [1.165, 1.54) is 6.07 Å². The molecule has 0 aliphatic heterocycles. The number of amides is 1. The summed E-state index contributed by atoms with van der Waals surface area (Å²) in [6.07, 6.45) is 1.15. The van der Waals surface area contributed by atoms with Gasteiger partial charge >= 0.3 is 5.97 Å². The highest BCUT2D eigenvalue weighted by Crippen LogP contribution is 2.28. The fourth-order valence-electron chi connectivity index (χ4n) is 2.14. The van der Waals surface area contributed by atoms with E-state index in [1.807, 2.05) is 26.0 Å². The van der Waals surface area contributed by atoms with Crippen molar-refractivity contribution in [3.8, 4) is 11.3 Å². The Bertz CT molecular complexity index is 783. The molecule has 0 saturated heterocycles. The van der Waals surface area contributed by atoms with E-state index in [-0.39, 0.29) is 16.8 Å². The van der Waals surface area contributed by atoms with Crippen LogP contribution in [0.5, 0.6) is 0 Å². The van der Waals surface area contributed by atoms with Crippen molar-refractivity contribution in [2.45, 2.75) is 26.7 Å². The lowest BCUT2D eigenvalue weighted by Crippen LogP contribution is -2.33. The number of hydrogen-bond acceptors (Lipinski definition) is 4. The van der Waals surface area contributed by atoms with Gasteiger partial charge < -0.3 is 20.2 Å². The number of aromatic carboxylic acids is 1. The molecule has 1 aromatic heterocycles. The second-order valence-electron chi connectivity index (χ2n) is 5.25. The second kappa shape index (κ2) is 7.74. The molecule has 0 atom stereocenters. The van der Waals surface area contributed by atoms with E-state index in [0.29, 0.717) is 17.9 Å². The molecule has 0 aliphatic rings. The summed E-state index contributed by atoms with van der Waals surface area (Å²) >= 11 is 5.11. The maximum atomic E-state index is 11.5. The molecule has 7 heteroatoms. The Morgan fingerprint density at radius 1 is 1.25 bits per heavy atom. The number of benzene rings is 1. The fraction of sp³-hybridized carbons (Fsp3) is 0.235. The molecule has 0 aliphatic carbocycles. The summed E-state index contributed by atoms with van der Waals surface area (Å²) in [6, 6.07) is 8.48. The highest BCUT2D eigenvalue weighted by Gasteiger charge is 2.13. The number of rotatable bonds is 5. The van der Waals surface area contributed by atoms with Gasteiger partial charge in [-0.05, 0) is 55.4 Å². The zero-order chi connectivity index (χ0) is 17.7. The zero-order valence-corrected chi connectivity index (χ0v) is 14.2. The van der Waals surface area contributed by atoms with Gasteiger partial charge in [0, 0.05) is 17.7 Å². The number of anilines is 1. The molecule has 1 amide bonds. The van der Waals surface area contributed by atoms with Crippen LogP contribution in [0.25, 0.3) is 11.3 Å². The predicted molar refractivity (Wildman–Crippen MR) is 95.1 cm³/mol. The minimum atomic E-state index is -1.12. The number of nitrogens with one attached hydrogen (secondary N) is 2. The Hall–Kier alpha value is -2.67. The van der Waals surface area contributed by atoms with Gasteiger partial charge in [0.1, 0.15) is 5.76 Å². The Labute approximate surface area is 144 Å². The van der Waals surface area contributed by atoms with Crippen LogP contribution in [0.2, 0.25) is 0 Å². The van der Waals surface area contributed by atoms with Crippen LogP contribution < -0.4 is 10.6 Å². The van der Waals surface area contributed by atoms with Crippen molar-refractivity contribution in [2.24, 2.45) is 0 Å². The van der Waals surface area contributed by atoms with Gasteiger partial charge in [-0.1, -0.05) is 13.0 Å². The van der Waals surface area contributed by atoms with E-state index in [1.54, 1.807) is 12.1 Å². The Balaban J connectivity index is 2.17. The van der Waals surface area contributed by atoms with Gasteiger partial charge in [0.05, 0.1) is 0 Å². The molecule has 1 aromatic carbocycles. The molecule has 6 nitrogen and oxygen atoms in total. The third-order valence-corrected chi connectivity index (χ3v) is 3.51. The lowest BCUT2D eigenvalue weighted by molar-refractivity contribution is -0.119. The molecule has 0 unspecified atom stereocenters. The van der Waals surface area contributed by atoms with Crippen molar-refractivity contribution in [1.29, 1.82) is 0 Å².